The second-order valence-electron chi connectivity index (χ2n) is 5.66. The fourth-order valence-corrected chi connectivity index (χ4v) is 4.18. The summed E-state index contributed by atoms with van der Waals surface area (Å²) in [5, 5.41) is 10.2. The van der Waals surface area contributed by atoms with Crippen LogP contribution < -0.4 is 5.73 Å². The molecule has 7 heteroatoms. The van der Waals surface area contributed by atoms with Gasteiger partial charge in [0.25, 0.3) is 5.91 Å². The molecule has 1 saturated heterocycles. The van der Waals surface area contributed by atoms with Gasteiger partial charge in [-0.1, -0.05) is 27.5 Å². The Labute approximate surface area is 143 Å². The minimum absolute atomic E-state index is 0. The number of phenols is 1. The number of amides is 1. The van der Waals surface area contributed by atoms with Crippen LogP contribution in [-0.4, -0.2) is 35.0 Å². The van der Waals surface area contributed by atoms with Gasteiger partial charge >= 0.3 is 0 Å². The number of rotatable bonds is 1. The number of fused-ring (bicyclic) bond motifs is 1. The first-order valence-corrected chi connectivity index (χ1v) is 7.87. The maximum Gasteiger partial charge on any atom is 0.257 e. The molecule has 3 rings (SSSR count). The number of benzene rings is 1. The van der Waals surface area contributed by atoms with Crippen molar-refractivity contribution in [2.24, 2.45) is 17.6 Å². The molecule has 2 fully saturated rings. The van der Waals surface area contributed by atoms with Gasteiger partial charge in [0, 0.05) is 23.6 Å². The summed E-state index contributed by atoms with van der Waals surface area (Å²) in [6, 6.07) is 3.37. The molecule has 3 atom stereocenters. The molecular formula is C14H17BrCl2N2O2. The molecule has 1 aliphatic carbocycles. The maximum atomic E-state index is 12.6. The lowest BCUT2D eigenvalue weighted by Gasteiger charge is -2.19. The number of halogens is 3. The maximum absolute atomic E-state index is 12.6. The van der Waals surface area contributed by atoms with Crippen molar-refractivity contribution in [3.8, 4) is 5.75 Å². The summed E-state index contributed by atoms with van der Waals surface area (Å²) < 4.78 is 0.680. The number of nitrogens with two attached hydrogens (primary N) is 1. The van der Waals surface area contributed by atoms with Gasteiger partial charge in [0.05, 0.1) is 10.6 Å². The Morgan fingerprint density at radius 1 is 1.38 bits per heavy atom. The largest absolute Gasteiger partial charge is 0.506 e. The lowest BCUT2D eigenvalue weighted by atomic mass is 9.98. The summed E-state index contributed by atoms with van der Waals surface area (Å²) in [6.45, 7) is 1.40. The molecule has 1 saturated carbocycles. The summed E-state index contributed by atoms with van der Waals surface area (Å²) in [4.78, 5) is 14.3. The summed E-state index contributed by atoms with van der Waals surface area (Å²) in [7, 11) is 0. The van der Waals surface area contributed by atoms with E-state index in [4.69, 9.17) is 17.3 Å². The first-order chi connectivity index (χ1) is 9.47. The number of hydrogen-bond acceptors (Lipinski definition) is 3. The van der Waals surface area contributed by atoms with Gasteiger partial charge in [0.2, 0.25) is 0 Å². The highest BCUT2D eigenvalue weighted by Gasteiger charge is 2.43. The van der Waals surface area contributed by atoms with E-state index in [-0.39, 0.29) is 40.7 Å². The molecule has 21 heavy (non-hydrogen) atoms. The predicted molar refractivity (Wildman–Crippen MR) is 88.2 cm³/mol. The van der Waals surface area contributed by atoms with Crippen molar-refractivity contribution < 1.29 is 9.90 Å². The van der Waals surface area contributed by atoms with Crippen LogP contribution in [0.5, 0.6) is 5.75 Å². The highest BCUT2D eigenvalue weighted by atomic mass is 79.9. The van der Waals surface area contributed by atoms with Crippen LogP contribution in [-0.2, 0) is 0 Å². The molecule has 1 aromatic rings. The molecule has 1 aromatic carbocycles. The van der Waals surface area contributed by atoms with E-state index in [1.54, 1.807) is 17.0 Å². The summed E-state index contributed by atoms with van der Waals surface area (Å²) in [6.07, 6.45) is 2.13. The average Bonchev–Trinajstić information content (AvgIpc) is 2.96. The van der Waals surface area contributed by atoms with Gasteiger partial charge < -0.3 is 15.7 Å². The van der Waals surface area contributed by atoms with Crippen molar-refractivity contribution in [3.05, 3.63) is 27.2 Å². The Hall–Kier alpha value is -0.490. The van der Waals surface area contributed by atoms with Crippen molar-refractivity contribution >= 4 is 45.8 Å². The molecule has 3 N–H and O–H groups in total. The normalized spacial score (nSPS) is 27.4. The zero-order chi connectivity index (χ0) is 14.4. The zero-order valence-electron chi connectivity index (χ0n) is 11.3. The Morgan fingerprint density at radius 3 is 2.76 bits per heavy atom. The number of carbonyl (C=O) groups is 1. The van der Waals surface area contributed by atoms with Crippen molar-refractivity contribution in [2.45, 2.75) is 18.9 Å². The van der Waals surface area contributed by atoms with Crippen molar-refractivity contribution in [1.29, 1.82) is 0 Å². The van der Waals surface area contributed by atoms with Crippen molar-refractivity contribution in [2.75, 3.05) is 13.1 Å². The molecule has 0 radical (unpaired) electrons. The second kappa shape index (κ2) is 6.32. The highest BCUT2D eigenvalue weighted by molar-refractivity contribution is 9.10. The topological polar surface area (TPSA) is 66.6 Å². The smallest absolute Gasteiger partial charge is 0.257 e. The van der Waals surface area contributed by atoms with Crippen LogP contribution in [0.3, 0.4) is 0 Å². The van der Waals surface area contributed by atoms with Gasteiger partial charge in [-0.25, -0.2) is 0 Å². The van der Waals surface area contributed by atoms with E-state index < -0.39 is 0 Å². The summed E-state index contributed by atoms with van der Waals surface area (Å²) in [5.41, 5.74) is 6.33. The number of aromatic hydroxyl groups is 1. The van der Waals surface area contributed by atoms with Crippen LogP contribution in [0.2, 0.25) is 5.02 Å². The van der Waals surface area contributed by atoms with E-state index in [1.165, 1.54) is 0 Å². The Morgan fingerprint density at radius 2 is 2.10 bits per heavy atom. The van der Waals surface area contributed by atoms with Crippen LogP contribution in [0, 0.1) is 11.8 Å². The van der Waals surface area contributed by atoms with Crippen LogP contribution in [0.15, 0.2) is 16.6 Å². The average molecular weight is 396 g/mol. The molecule has 1 heterocycles. The summed E-state index contributed by atoms with van der Waals surface area (Å²) >= 11 is 9.21. The number of hydrogen-bond donors (Lipinski definition) is 2. The van der Waals surface area contributed by atoms with E-state index in [2.05, 4.69) is 15.9 Å². The van der Waals surface area contributed by atoms with E-state index in [9.17, 15) is 9.90 Å². The minimum Gasteiger partial charge on any atom is -0.506 e. The molecule has 4 nitrogen and oxygen atoms in total. The van der Waals surface area contributed by atoms with Crippen LogP contribution >= 0.6 is 39.9 Å². The van der Waals surface area contributed by atoms with E-state index in [1.807, 2.05) is 0 Å². The van der Waals surface area contributed by atoms with E-state index in [0.29, 0.717) is 22.9 Å². The molecule has 2 aliphatic rings. The molecule has 1 amide bonds. The third kappa shape index (κ3) is 3.02. The van der Waals surface area contributed by atoms with Crippen LogP contribution in [0.4, 0.5) is 0 Å². The summed E-state index contributed by atoms with van der Waals surface area (Å²) in [5.74, 6) is 0.566. The molecular weight excluding hydrogens is 379 g/mol. The SMILES string of the molecule is Cl.NC1CCC2CN(C(=O)c3cc(Br)cc(Cl)c3O)CC12. The fourth-order valence-electron chi connectivity index (χ4n) is 3.37. The van der Waals surface area contributed by atoms with Gasteiger partial charge in [-0.15, -0.1) is 12.4 Å². The van der Waals surface area contributed by atoms with Gasteiger partial charge in [-0.2, -0.15) is 0 Å². The molecule has 0 aromatic heterocycles. The number of nitrogens with zero attached hydrogens (tertiary/aromatic N) is 1. The molecule has 1 aliphatic heterocycles. The third-order valence-electron chi connectivity index (χ3n) is 4.46. The van der Waals surface area contributed by atoms with Gasteiger partial charge in [0.15, 0.2) is 0 Å². The standard InChI is InChI=1S/C14H16BrClN2O2.ClH/c15-8-3-9(13(19)11(16)4-8)14(20)18-5-7-1-2-12(17)10(7)6-18;/h3-4,7,10,12,19H,1-2,5-6,17H2;1H. The number of likely N-dealkylation sites (tertiary alicyclic amines) is 1. The van der Waals surface area contributed by atoms with Crippen LogP contribution in [0.25, 0.3) is 0 Å². The molecule has 3 unspecified atom stereocenters. The minimum atomic E-state index is -0.174. The molecule has 0 spiro atoms. The molecule has 0 bridgehead atoms. The fraction of sp³-hybridized carbons (Fsp3) is 0.500. The first-order valence-electron chi connectivity index (χ1n) is 6.70. The third-order valence-corrected chi connectivity index (χ3v) is 5.20. The van der Waals surface area contributed by atoms with E-state index >= 15 is 0 Å². The lowest BCUT2D eigenvalue weighted by molar-refractivity contribution is 0.0776. The predicted octanol–water partition coefficient (Wildman–Crippen LogP) is 3.04. The van der Waals surface area contributed by atoms with Crippen molar-refractivity contribution in [1.82, 2.24) is 4.90 Å². The van der Waals surface area contributed by atoms with Gasteiger partial charge in [-0.3, -0.25) is 4.79 Å². The Bertz CT molecular complexity index is 570. The number of phenolic OH excluding ortho intramolecular Hbond substituents is 1. The quantitative estimate of drug-likeness (QED) is 0.767. The lowest BCUT2D eigenvalue weighted by Crippen LogP contribution is -2.33. The van der Waals surface area contributed by atoms with Gasteiger partial charge in [-0.05, 0) is 36.8 Å². The second-order valence-corrected chi connectivity index (χ2v) is 6.98. The van der Waals surface area contributed by atoms with Crippen molar-refractivity contribution in [3.63, 3.8) is 0 Å². The molecule has 116 valence electrons. The monoisotopic (exact) mass is 394 g/mol. The van der Waals surface area contributed by atoms with Crippen LogP contribution in [0.1, 0.15) is 23.2 Å². The number of carbonyl (C=O) groups excluding carboxylic acids is 1. The first kappa shape index (κ1) is 16.9. The Kier molecular flexibility index (Phi) is 5.08. The van der Waals surface area contributed by atoms with Gasteiger partial charge in [0.1, 0.15) is 5.75 Å². The van der Waals surface area contributed by atoms with E-state index in [0.717, 1.165) is 19.4 Å². The zero-order valence-corrected chi connectivity index (χ0v) is 14.4. The Balaban J connectivity index is 0.00000161. The highest BCUT2D eigenvalue weighted by Crippen LogP contribution is 2.39.